The molecule has 20 heavy (non-hydrogen) atoms. The van der Waals surface area contributed by atoms with Crippen molar-refractivity contribution < 1.29 is 9.72 Å². The summed E-state index contributed by atoms with van der Waals surface area (Å²) in [5, 5.41) is 16.5. The molecule has 1 heterocycles. The smallest absolute Gasteiger partial charge is 0.288 e. The van der Waals surface area contributed by atoms with Gasteiger partial charge in [-0.15, -0.1) is 0 Å². The lowest BCUT2D eigenvalue weighted by Gasteiger charge is -2.25. The molecule has 2 rings (SSSR count). The highest BCUT2D eigenvalue weighted by Crippen LogP contribution is 2.25. The largest absolute Gasteiger partial charge is 0.370 e. The number of carbonyl (C=O) groups is 1. The van der Waals surface area contributed by atoms with Crippen LogP contribution in [0.25, 0.3) is 0 Å². The highest BCUT2D eigenvalue weighted by atomic mass is 16.6. The topological polar surface area (TPSA) is 97.2 Å². The van der Waals surface area contributed by atoms with Gasteiger partial charge in [0, 0.05) is 19.2 Å². The first kappa shape index (κ1) is 14.2. The Hall–Kier alpha value is -2.18. The molecule has 7 heteroatoms. The molecule has 2 N–H and O–H groups in total. The Morgan fingerprint density at radius 2 is 2.30 bits per heavy atom. The number of anilines is 1. The normalized spacial score (nSPS) is 14.4. The first-order valence-electron chi connectivity index (χ1n) is 6.78. The minimum absolute atomic E-state index is 0.180. The Kier molecular flexibility index (Phi) is 4.49. The lowest BCUT2D eigenvalue weighted by Crippen LogP contribution is -2.32. The third-order valence-electron chi connectivity index (χ3n) is 3.45. The van der Waals surface area contributed by atoms with Crippen molar-refractivity contribution in [3.63, 3.8) is 0 Å². The first-order chi connectivity index (χ1) is 9.61. The first-order valence-corrected chi connectivity index (χ1v) is 6.78. The molecule has 1 aliphatic rings. The van der Waals surface area contributed by atoms with E-state index >= 15 is 0 Å². The average molecular weight is 278 g/mol. The fourth-order valence-electron chi connectivity index (χ4n) is 2.06. The average Bonchev–Trinajstić information content (AvgIpc) is 2.37. The molecule has 0 aromatic carbocycles. The molecule has 0 radical (unpaired) electrons. The molecule has 1 amide bonds. The molecule has 0 atom stereocenters. The van der Waals surface area contributed by atoms with E-state index in [1.54, 1.807) is 0 Å². The van der Waals surface area contributed by atoms with Gasteiger partial charge in [0.2, 0.25) is 0 Å². The highest BCUT2D eigenvalue weighted by molar-refractivity contribution is 5.99. The van der Waals surface area contributed by atoms with Crippen molar-refractivity contribution in [3.05, 3.63) is 27.9 Å². The van der Waals surface area contributed by atoms with Crippen LogP contribution in [0.3, 0.4) is 0 Å². The van der Waals surface area contributed by atoms with Gasteiger partial charge < -0.3 is 10.6 Å². The van der Waals surface area contributed by atoms with E-state index in [-0.39, 0.29) is 17.2 Å². The summed E-state index contributed by atoms with van der Waals surface area (Å²) in [6, 6.07) is 1.26. The van der Waals surface area contributed by atoms with E-state index < -0.39 is 4.92 Å². The maximum Gasteiger partial charge on any atom is 0.288 e. The van der Waals surface area contributed by atoms with Crippen molar-refractivity contribution in [2.24, 2.45) is 5.92 Å². The van der Waals surface area contributed by atoms with Gasteiger partial charge in [-0.3, -0.25) is 14.9 Å². The molecule has 0 aliphatic heterocycles. The molecule has 0 bridgehead atoms. The predicted octanol–water partition coefficient (Wildman–Crippen LogP) is 1.95. The summed E-state index contributed by atoms with van der Waals surface area (Å²) in [7, 11) is 0. The van der Waals surface area contributed by atoms with Gasteiger partial charge >= 0.3 is 0 Å². The summed E-state index contributed by atoms with van der Waals surface area (Å²) in [6.07, 6.45) is 4.63. The zero-order valence-electron chi connectivity index (χ0n) is 11.4. The summed E-state index contributed by atoms with van der Waals surface area (Å²) in [4.78, 5) is 26.3. The van der Waals surface area contributed by atoms with Gasteiger partial charge in [0.05, 0.1) is 10.5 Å². The summed E-state index contributed by atoms with van der Waals surface area (Å²) in [5.41, 5.74) is 0.0424. The third-order valence-corrected chi connectivity index (χ3v) is 3.45. The number of rotatable bonds is 6. The quantitative estimate of drug-likeness (QED) is 0.612. The second kappa shape index (κ2) is 6.31. The van der Waals surface area contributed by atoms with E-state index in [1.165, 1.54) is 12.5 Å². The van der Waals surface area contributed by atoms with Crippen LogP contribution >= 0.6 is 0 Å². The lowest BCUT2D eigenvalue weighted by molar-refractivity contribution is -0.385. The third kappa shape index (κ3) is 3.23. The molecular weight excluding hydrogens is 260 g/mol. The van der Waals surface area contributed by atoms with Crippen molar-refractivity contribution in [2.45, 2.75) is 26.2 Å². The number of amides is 1. The molecule has 7 nitrogen and oxygen atoms in total. The summed E-state index contributed by atoms with van der Waals surface area (Å²) in [5.74, 6) is 0.599. The Morgan fingerprint density at radius 3 is 2.85 bits per heavy atom. The Morgan fingerprint density at radius 1 is 1.55 bits per heavy atom. The van der Waals surface area contributed by atoms with Gasteiger partial charge in [-0.1, -0.05) is 6.42 Å². The van der Waals surface area contributed by atoms with Gasteiger partial charge in [0.25, 0.3) is 11.6 Å². The number of nitrogens with zero attached hydrogens (tertiary/aromatic N) is 2. The molecule has 1 saturated carbocycles. The van der Waals surface area contributed by atoms with Crippen LogP contribution in [-0.4, -0.2) is 28.9 Å². The van der Waals surface area contributed by atoms with E-state index in [0.29, 0.717) is 24.8 Å². The number of aromatic nitrogens is 1. The van der Waals surface area contributed by atoms with Crippen molar-refractivity contribution >= 4 is 17.4 Å². The van der Waals surface area contributed by atoms with Gasteiger partial charge in [-0.2, -0.15) is 0 Å². The lowest BCUT2D eigenvalue weighted by atomic mass is 9.85. The van der Waals surface area contributed by atoms with E-state index in [0.717, 1.165) is 19.0 Å². The van der Waals surface area contributed by atoms with Crippen LogP contribution in [0.15, 0.2) is 12.3 Å². The Labute approximate surface area is 116 Å². The Bertz CT molecular complexity index is 514. The van der Waals surface area contributed by atoms with Gasteiger partial charge in [-0.25, -0.2) is 4.98 Å². The summed E-state index contributed by atoms with van der Waals surface area (Å²) < 4.78 is 0. The van der Waals surface area contributed by atoms with Crippen molar-refractivity contribution in [3.8, 4) is 0 Å². The maximum atomic E-state index is 12.1. The van der Waals surface area contributed by atoms with Crippen LogP contribution in [0.4, 0.5) is 11.5 Å². The molecule has 0 spiro atoms. The fourth-order valence-corrected chi connectivity index (χ4v) is 2.06. The highest BCUT2D eigenvalue weighted by Gasteiger charge is 2.21. The summed E-state index contributed by atoms with van der Waals surface area (Å²) >= 11 is 0. The molecular formula is C13H18N4O3. The van der Waals surface area contributed by atoms with Gasteiger partial charge in [0.15, 0.2) is 0 Å². The van der Waals surface area contributed by atoms with Crippen LogP contribution in [0.2, 0.25) is 0 Å². The molecule has 0 unspecified atom stereocenters. The van der Waals surface area contributed by atoms with Crippen LogP contribution in [0, 0.1) is 16.0 Å². The van der Waals surface area contributed by atoms with Gasteiger partial charge in [-0.05, 0) is 25.7 Å². The number of nitro groups is 1. The molecule has 1 fully saturated rings. The number of hydrogen-bond donors (Lipinski definition) is 2. The van der Waals surface area contributed by atoms with Crippen LogP contribution in [0.1, 0.15) is 36.5 Å². The van der Waals surface area contributed by atoms with Crippen molar-refractivity contribution in [1.29, 1.82) is 0 Å². The van der Waals surface area contributed by atoms with Crippen LogP contribution in [-0.2, 0) is 0 Å². The zero-order valence-corrected chi connectivity index (χ0v) is 11.4. The van der Waals surface area contributed by atoms with Gasteiger partial charge in [0.1, 0.15) is 12.0 Å². The molecule has 1 aliphatic carbocycles. The number of pyridine rings is 1. The van der Waals surface area contributed by atoms with E-state index in [2.05, 4.69) is 15.6 Å². The number of hydrogen-bond acceptors (Lipinski definition) is 5. The Balaban J connectivity index is 2.14. The standard InChI is InChI=1S/C13H18N4O3/c1-2-14-12-11(6-10(8-15-12)17(19)20)13(18)16-7-9-4-3-5-9/h6,8-9H,2-5,7H2,1H3,(H,14,15)(H,16,18). The number of carbonyl (C=O) groups excluding carboxylic acids is 1. The SMILES string of the molecule is CCNc1ncc([N+](=O)[O-])cc1C(=O)NCC1CCC1. The van der Waals surface area contributed by atoms with Crippen molar-refractivity contribution in [2.75, 3.05) is 18.4 Å². The van der Waals surface area contributed by atoms with E-state index in [1.807, 2.05) is 6.92 Å². The molecule has 108 valence electrons. The van der Waals surface area contributed by atoms with E-state index in [9.17, 15) is 14.9 Å². The minimum Gasteiger partial charge on any atom is -0.370 e. The summed E-state index contributed by atoms with van der Waals surface area (Å²) in [6.45, 7) is 3.08. The maximum absolute atomic E-state index is 12.1. The van der Waals surface area contributed by atoms with E-state index in [4.69, 9.17) is 0 Å². The zero-order chi connectivity index (χ0) is 14.5. The monoisotopic (exact) mass is 278 g/mol. The molecule has 1 aromatic rings. The second-order valence-electron chi connectivity index (χ2n) is 4.88. The second-order valence-corrected chi connectivity index (χ2v) is 4.88. The van der Waals surface area contributed by atoms with Crippen LogP contribution < -0.4 is 10.6 Å². The minimum atomic E-state index is -0.550. The molecule has 0 saturated heterocycles. The fraction of sp³-hybridized carbons (Fsp3) is 0.538. The number of nitrogens with one attached hydrogen (secondary N) is 2. The van der Waals surface area contributed by atoms with Crippen molar-refractivity contribution in [1.82, 2.24) is 10.3 Å². The van der Waals surface area contributed by atoms with Crippen LogP contribution in [0.5, 0.6) is 0 Å². The molecule has 1 aromatic heterocycles. The predicted molar refractivity (Wildman–Crippen MR) is 74.7 cm³/mol.